The molecule has 12 nitrogen and oxygen atoms in total. The summed E-state index contributed by atoms with van der Waals surface area (Å²) in [6.07, 6.45) is 1.30. The Bertz CT molecular complexity index is 929. The van der Waals surface area contributed by atoms with Crippen molar-refractivity contribution in [1.29, 1.82) is 0 Å². The summed E-state index contributed by atoms with van der Waals surface area (Å²) in [5.41, 5.74) is 6.43. The van der Waals surface area contributed by atoms with E-state index in [1.54, 1.807) is 6.07 Å². The van der Waals surface area contributed by atoms with Gasteiger partial charge in [-0.3, -0.25) is 20.2 Å². The van der Waals surface area contributed by atoms with Crippen molar-refractivity contribution in [2.45, 2.75) is 0 Å². The number of amides is 2. The van der Waals surface area contributed by atoms with Crippen molar-refractivity contribution in [3.63, 3.8) is 0 Å². The molecule has 0 aliphatic rings. The lowest BCUT2D eigenvalue weighted by atomic mass is 10.2. The zero-order chi connectivity index (χ0) is 20.0. The summed E-state index contributed by atoms with van der Waals surface area (Å²) < 4.78 is 10.7. The Morgan fingerprint density at radius 3 is 2.41 bits per heavy atom. The number of hydrazone groups is 1. The summed E-state index contributed by atoms with van der Waals surface area (Å²) in [6, 6.07) is 6.69. The standard InChI is InChI=1S/C15H13N5O7/c1-26-14-6-9(8-17-18-15(16)21)2-4-13(14)27-12-5-3-10(19(22)23)7-11(12)20(24)25/h2-8H,1H3,(H3,16,18,21). The van der Waals surface area contributed by atoms with E-state index < -0.39 is 27.3 Å². The second kappa shape index (κ2) is 8.24. The fraction of sp³-hybridized carbons (Fsp3) is 0.0667. The van der Waals surface area contributed by atoms with Gasteiger partial charge in [-0.2, -0.15) is 5.10 Å². The Morgan fingerprint density at radius 1 is 1.11 bits per heavy atom. The summed E-state index contributed by atoms with van der Waals surface area (Å²) in [5, 5.41) is 25.6. The van der Waals surface area contributed by atoms with Crippen molar-refractivity contribution in [2.24, 2.45) is 10.8 Å². The quantitative estimate of drug-likeness (QED) is 0.424. The number of nitrogens with two attached hydrogens (primary N) is 1. The third kappa shape index (κ3) is 4.88. The maximum Gasteiger partial charge on any atom is 0.332 e. The van der Waals surface area contributed by atoms with Crippen LogP contribution in [0.2, 0.25) is 0 Å². The van der Waals surface area contributed by atoms with Crippen LogP contribution in [0.3, 0.4) is 0 Å². The molecule has 2 amide bonds. The van der Waals surface area contributed by atoms with E-state index in [0.717, 1.165) is 18.2 Å². The molecule has 2 aromatic rings. The van der Waals surface area contributed by atoms with Crippen LogP contribution in [0, 0.1) is 20.2 Å². The number of urea groups is 1. The molecule has 0 spiro atoms. The minimum absolute atomic E-state index is 0.134. The first-order valence-corrected chi connectivity index (χ1v) is 7.19. The fourth-order valence-corrected chi connectivity index (χ4v) is 1.99. The highest BCUT2D eigenvalue weighted by Gasteiger charge is 2.22. The number of primary amides is 1. The molecule has 12 heteroatoms. The number of nitro benzene ring substituents is 2. The summed E-state index contributed by atoms with van der Waals surface area (Å²) in [4.78, 5) is 31.0. The number of carbonyl (C=O) groups excluding carboxylic acids is 1. The van der Waals surface area contributed by atoms with Crippen LogP contribution in [0.1, 0.15) is 5.56 Å². The number of methoxy groups -OCH3 is 1. The lowest BCUT2D eigenvalue weighted by Crippen LogP contribution is -2.24. The smallest absolute Gasteiger partial charge is 0.332 e. The number of rotatable bonds is 7. The molecule has 2 rings (SSSR count). The largest absolute Gasteiger partial charge is 0.493 e. The molecule has 0 radical (unpaired) electrons. The van der Waals surface area contributed by atoms with E-state index in [1.807, 2.05) is 5.43 Å². The molecule has 27 heavy (non-hydrogen) atoms. The van der Waals surface area contributed by atoms with Crippen LogP contribution in [-0.4, -0.2) is 29.2 Å². The van der Waals surface area contributed by atoms with Crippen molar-refractivity contribution in [3.05, 3.63) is 62.2 Å². The van der Waals surface area contributed by atoms with Crippen molar-refractivity contribution >= 4 is 23.6 Å². The molecule has 0 fully saturated rings. The van der Waals surface area contributed by atoms with Crippen LogP contribution in [0.4, 0.5) is 16.2 Å². The molecule has 0 aliphatic carbocycles. The predicted molar refractivity (Wildman–Crippen MR) is 93.1 cm³/mol. The van der Waals surface area contributed by atoms with Crippen LogP contribution in [-0.2, 0) is 0 Å². The zero-order valence-electron chi connectivity index (χ0n) is 13.8. The van der Waals surface area contributed by atoms with E-state index in [-0.39, 0.29) is 17.2 Å². The van der Waals surface area contributed by atoms with Crippen LogP contribution < -0.4 is 20.6 Å². The molecule has 140 valence electrons. The first-order valence-electron chi connectivity index (χ1n) is 7.19. The van der Waals surface area contributed by atoms with Gasteiger partial charge in [-0.15, -0.1) is 0 Å². The minimum Gasteiger partial charge on any atom is -0.493 e. The summed E-state index contributed by atoms with van der Waals surface area (Å²) >= 11 is 0. The molecule has 0 unspecified atom stereocenters. The Kier molecular flexibility index (Phi) is 5.83. The molecule has 2 aromatic carbocycles. The highest BCUT2D eigenvalue weighted by Crippen LogP contribution is 2.38. The zero-order valence-corrected chi connectivity index (χ0v) is 13.8. The number of nitro groups is 2. The number of nitrogens with one attached hydrogen (secondary N) is 1. The molecule has 3 N–H and O–H groups in total. The van der Waals surface area contributed by atoms with E-state index in [0.29, 0.717) is 5.56 Å². The predicted octanol–water partition coefficient (Wildman–Crippen LogP) is 2.31. The molecule has 0 atom stereocenters. The lowest BCUT2D eigenvalue weighted by Gasteiger charge is -2.11. The van der Waals surface area contributed by atoms with Gasteiger partial charge in [0.05, 0.1) is 29.2 Å². The van der Waals surface area contributed by atoms with Gasteiger partial charge in [0.1, 0.15) is 0 Å². The first kappa shape index (κ1) is 19.1. The summed E-state index contributed by atoms with van der Waals surface area (Å²) in [7, 11) is 1.36. The molecule has 0 saturated heterocycles. The maximum atomic E-state index is 11.2. The Labute approximate surface area is 151 Å². The van der Waals surface area contributed by atoms with Crippen LogP contribution in [0.5, 0.6) is 17.2 Å². The number of ether oxygens (including phenoxy) is 2. The number of hydrogen-bond donors (Lipinski definition) is 2. The Hall–Kier alpha value is -4.22. The van der Waals surface area contributed by atoms with Crippen LogP contribution in [0.25, 0.3) is 0 Å². The van der Waals surface area contributed by atoms with Gasteiger partial charge in [0.15, 0.2) is 11.5 Å². The molecule has 0 heterocycles. The number of carbonyl (C=O) groups is 1. The van der Waals surface area contributed by atoms with Gasteiger partial charge in [0, 0.05) is 6.07 Å². The van der Waals surface area contributed by atoms with Gasteiger partial charge < -0.3 is 15.2 Å². The third-order valence-electron chi connectivity index (χ3n) is 3.15. The highest BCUT2D eigenvalue weighted by atomic mass is 16.6. The molecule has 0 saturated carbocycles. The Balaban J connectivity index is 2.34. The molecule has 0 aromatic heterocycles. The SMILES string of the molecule is COc1cc(C=NNC(N)=O)ccc1Oc1ccc([N+](=O)[O-])cc1[N+](=O)[O-]. The monoisotopic (exact) mass is 375 g/mol. The lowest BCUT2D eigenvalue weighted by molar-refractivity contribution is -0.394. The maximum absolute atomic E-state index is 11.2. The Morgan fingerprint density at radius 2 is 1.81 bits per heavy atom. The average molecular weight is 375 g/mol. The van der Waals surface area contributed by atoms with Crippen molar-refractivity contribution in [3.8, 4) is 17.2 Å². The van der Waals surface area contributed by atoms with Gasteiger partial charge in [-0.1, -0.05) is 0 Å². The normalized spacial score (nSPS) is 10.4. The topological polar surface area (TPSA) is 172 Å². The number of nitrogens with zero attached hydrogens (tertiary/aromatic N) is 3. The first-order chi connectivity index (χ1) is 12.8. The van der Waals surface area contributed by atoms with E-state index in [2.05, 4.69) is 5.10 Å². The number of non-ortho nitro benzene ring substituents is 1. The van der Waals surface area contributed by atoms with Crippen molar-refractivity contribution < 1.29 is 24.1 Å². The van der Waals surface area contributed by atoms with Gasteiger partial charge in [0.25, 0.3) is 5.69 Å². The van der Waals surface area contributed by atoms with Gasteiger partial charge in [-0.25, -0.2) is 10.2 Å². The summed E-state index contributed by atoms with van der Waals surface area (Å²) in [5.74, 6) is 0.154. The van der Waals surface area contributed by atoms with Crippen LogP contribution in [0.15, 0.2) is 41.5 Å². The summed E-state index contributed by atoms with van der Waals surface area (Å²) in [6.45, 7) is 0. The second-order valence-electron chi connectivity index (χ2n) is 4.91. The molecule has 0 aliphatic heterocycles. The van der Waals surface area contributed by atoms with Gasteiger partial charge in [-0.05, 0) is 29.8 Å². The second-order valence-corrected chi connectivity index (χ2v) is 4.91. The van der Waals surface area contributed by atoms with Crippen molar-refractivity contribution in [1.82, 2.24) is 5.43 Å². The van der Waals surface area contributed by atoms with Gasteiger partial charge in [0.2, 0.25) is 5.75 Å². The van der Waals surface area contributed by atoms with Crippen LogP contribution >= 0.6 is 0 Å². The molecular weight excluding hydrogens is 362 g/mol. The molecule has 0 bridgehead atoms. The highest BCUT2D eigenvalue weighted by molar-refractivity contribution is 5.82. The van der Waals surface area contributed by atoms with Gasteiger partial charge >= 0.3 is 11.7 Å². The van der Waals surface area contributed by atoms with E-state index in [4.69, 9.17) is 15.2 Å². The molecular formula is C15H13N5O7. The third-order valence-corrected chi connectivity index (χ3v) is 3.15. The fourth-order valence-electron chi connectivity index (χ4n) is 1.99. The van der Waals surface area contributed by atoms with E-state index in [9.17, 15) is 25.0 Å². The van der Waals surface area contributed by atoms with Crippen molar-refractivity contribution in [2.75, 3.05) is 7.11 Å². The number of benzene rings is 2. The van der Waals surface area contributed by atoms with E-state index >= 15 is 0 Å². The van der Waals surface area contributed by atoms with E-state index in [1.165, 1.54) is 25.5 Å². The average Bonchev–Trinajstić information content (AvgIpc) is 2.62. The minimum atomic E-state index is -0.830. The number of hydrogen-bond acceptors (Lipinski definition) is 8.